The second-order valence-electron chi connectivity index (χ2n) is 4.26. The molecule has 0 aliphatic heterocycles. The van der Waals surface area contributed by atoms with E-state index >= 15 is 0 Å². The summed E-state index contributed by atoms with van der Waals surface area (Å²) in [6.45, 7) is 2.64. The molecule has 6 heteroatoms. The Kier molecular flexibility index (Phi) is 6.48. The number of fused-ring (bicyclic) bond motifs is 1. The maximum absolute atomic E-state index is 11.2. The summed E-state index contributed by atoms with van der Waals surface area (Å²) in [6, 6.07) is 9.72. The molecule has 2 aromatic rings. The first-order chi connectivity index (χ1) is 9.04. The standard InChI is InChI=1S/C14H16O4S.Na/c1-2-3-10-18-13-8-9-14(19(15,16)17)12-7-5-4-6-11(12)13;/h4-9H,2-3,10H2,1H3,(H,15,16,17);/q;+1/p-1. The predicted molar refractivity (Wildman–Crippen MR) is 72.3 cm³/mol. The number of hydrogen-bond acceptors (Lipinski definition) is 4. The monoisotopic (exact) mass is 302 g/mol. The quantitative estimate of drug-likeness (QED) is 0.440. The largest absolute Gasteiger partial charge is 1.00 e. The fourth-order valence-electron chi connectivity index (χ4n) is 1.91. The summed E-state index contributed by atoms with van der Waals surface area (Å²) in [5, 5.41) is 1.06. The molecule has 20 heavy (non-hydrogen) atoms. The third-order valence-corrected chi connectivity index (χ3v) is 3.76. The van der Waals surface area contributed by atoms with Gasteiger partial charge >= 0.3 is 29.6 Å². The van der Waals surface area contributed by atoms with Crippen LogP contribution in [-0.4, -0.2) is 19.6 Å². The van der Waals surface area contributed by atoms with Crippen molar-refractivity contribution in [1.82, 2.24) is 0 Å². The van der Waals surface area contributed by atoms with Gasteiger partial charge in [0.1, 0.15) is 15.9 Å². The molecular formula is C14H15NaO4S. The minimum Gasteiger partial charge on any atom is -0.744 e. The molecule has 0 aromatic heterocycles. The van der Waals surface area contributed by atoms with Crippen LogP contribution in [-0.2, 0) is 10.1 Å². The van der Waals surface area contributed by atoms with Crippen LogP contribution in [0.4, 0.5) is 0 Å². The van der Waals surface area contributed by atoms with Crippen molar-refractivity contribution in [2.24, 2.45) is 0 Å². The van der Waals surface area contributed by atoms with Crippen LogP contribution in [0, 0.1) is 0 Å². The van der Waals surface area contributed by atoms with Crippen LogP contribution >= 0.6 is 0 Å². The van der Waals surface area contributed by atoms with Gasteiger partial charge in [-0.2, -0.15) is 0 Å². The fourth-order valence-corrected chi connectivity index (χ4v) is 2.60. The number of benzene rings is 2. The topological polar surface area (TPSA) is 66.4 Å². The Hall–Kier alpha value is -0.590. The van der Waals surface area contributed by atoms with Crippen LogP contribution in [0.25, 0.3) is 10.8 Å². The van der Waals surface area contributed by atoms with Gasteiger partial charge in [-0.3, -0.25) is 0 Å². The Labute approximate surface area is 141 Å². The van der Waals surface area contributed by atoms with Gasteiger partial charge in [-0.1, -0.05) is 37.6 Å². The van der Waals surface area contributed by atoms with Crippen LogP contribution in [0.3, 0.4) is 0 Å². The zero-order valence-electron chi connectivity index (χ0n) is 11.6. The molecule has 0 aliphatic rings. The molecule has 0 saturated heterocycles. The molecule has 0 spiro atoms. The molecule has 0 bridgehead atoms. The normalized spacial score (nSPS) is 11.1. The van der Waals surface area contributed by atoms with Crippen molar-refractivity contribution in [2.75, 3.05) is 6.61 Å². The molecule has 0 heterocycles. The van der Waals surface area contributed by atoms with Crippen molar-refractivity contribution < 1.29 is 47.3 Å². The van der Waals surface area contributed by atoms with E-state index in [1.165, 1.54) is 6.07 Å². The average molecular weight is 302 g/mol. The molecule has 0 radical (unpaired) electrons. The van der Waals surface area contributed by atoms with E-state index in [0.29, 0.717) is 23.1 Å². The van der Waals surface area contributed by atoms with Crippen LogP contribution in [0.15, 0.2) is 41.3 Å². The zero-order valence-corrected chi connectivity index (χ0v) is 14.4. The van der Waals surface area contributed by atoms with E-state index in [0.717, 1.165) is 12.8 Å². The second kappa shape index (κ2) is 7.43. The van der Waals surface area contributed by atoms with Crippen molar-refractivity contribution in [3.8, 4) is 5.75 Å². The molecule has 0 amide bonds. The molecule has 0 saturated carbocycles. The Morgan fingerprint density at radius 1 is 1.10 bits per heavy atom. The molecule has 4 nitrogen and oxygen atoms in total. The number of rotatable bonds is 5. The molecule has 0 fully saturated rings. The average Bonchev–Trinajstić information content (AvgIpc) is 2.37. The Morgan fingerprint density at radius 2 is 1.75 bits per heavy atom. The van der Waals surface area contributed by atoms with E-state index in [1.54, 1.807) is 30.3 Å². The fraction of sp³-hybridized carbons (Fsp3) is 0.286. The smallest absolute Gasteiger partial charge is 0.744 e. The van der Waals surface area contributed by atoms with E-state index in [9.17, 15) is 13.0 Å². The van der Waals surface area contributed by atoms with Crippen LogP contribution in [0.2, 0.25) is 0 Å². The molecule has 2 rings (SSSR count). The van der Waals surface area contributed by atoms with Crippen molar-refractivity contribution in [1.29, 1.82) is 0 Å². The Bertz CT molecular complexity index is 683. The van der Waals surface area contributed by atoms with Crippen molar-refractivity contribution >= 4 is 20.9 Å². The SMILES string of the molecule is CCCCOc1ccc(S(=O)(=O)[O-])c2ccccc12.[Na+]. The molecule has 0 atom stereocenters. The van der Waals surface area contributed by atoms with Gasteiger partial charge in [0.15, 0.2) is 0 Å². The van der Waals surface area contributed by atoms with Gasteiger partial charge in [0, 0.05) is 10.8 Å². The van der Waals surface area contributed by atoms with Gasteiger partial charge in [0.2, 0.25) is 0 Å². The summed E-state index contributed by atoms with van der Waals surface area (Å²) >= 11 is 0. The molecular weight excluding hydrogens is 287 g/mol. The molecule has 0 unspecified atom stereocenters. The minimum atomic E-state index is -4.48. The first kappa shape index (κ1) is 17.5. The van der Waals surface area contributed by atoms with Gasteiger partial charge in [-0.25, -0.2) is 8.42 Å². The third kappa shape index (κ3) is 3.96. The summed E-state index contributed by atoms with van der Waals surface area (Å²) in [6.07, 6.45) is 1.95. The number of hydrogen-bond donors (Lipinski definition) is 0. The van der Waals surface area contributed by atoms with Gasteiger partial charge in [0.25, 0.3) is 0 Å². The van der Waals surface area contributed by atoms with Crippen LogP contribution in [0.5, 0.6) is 5.75 Å². The van der Waals surface area contributed by atoms with E-state index in [4.69, 9.17) is 4.74 Å². The predicted octanol–water partition coefficient (Wildman–Crippen LogP) is -0.0732. The Balaban J connectivity index is 0.00000200. The summed E-state index contributed by atoms with van der Waals surface area (Å²) in [5.41, 5.74) is 0. The molecule has 102 valence electrons. The van der Waals surface area contributed by atoms with Gasteiger partial charge in [-0.15, -0.1) is 0 Å². The third-order valence-electron chi connectivity index (χ3n) is 2.87. The van der Waals surface area contributed by atoms with Crippen molar-refractivity contribution in [3.05, 3.63) is 36.4 Å². The van der Waals surface area contributed by atoms with E-state index in [2.05, 4.69) is 6.92 Å². The second-order valence-corrected chi connectivity index (χ2v) is 5.61. The molecule has 0 aliphatic carbocycles. The summed E-state index contributed by atoms with van der Waals surface area (Å²) in [4.78, 5) is -0.203. The van der Waals surface area contributed by atoms with Crippen LogP contribution in [0.1, 0.15) is 19.8 Å². The summed E-state index contributed by atoms with van der Waals surface area (Å²) in [5.74, 6) is 0.608. The Morgan fingerprint density at radius 3 is 2.35 bits per heavy atom. The summed E-state index contributed by atoms with van der Waals surface area (Å²) < 4.78 is 39.3. The minimum absolute atomic E-state index is 0. The maximum atomic E-state index is 11.2. The number of ether oxygens (including phenoxy) is 1. The molecule has 0 N–H and O–H groups in total. The van der Waals surface area contributed by atoms with E-state index in [1.807, 2.05) is 0 Å². The van der Waals surface area contributed by atoms with E-state index in [-0.39, 0.29) is 34.5 Å². The van der Waals surface area contributed by atoms with Crippen molar-refractivity contribution in [2.45, 2.75) is 24.7 Å². The summed E-state index contributed by atoms with van der Waals surface area (Å²) in [7, 11) is -4.48. The van der Waals surface area contributed by atoms with Crippen molar-refractivity contribution in [3.63, 3.8) is 0 Å². The van der Waals surface area contributed by atoms with Gasteiger partial charge in [0.05, 0.1) is 11.5 Å². The van der Waals surface area contributed by atoms with Crippen LogP contribution < -0.4 is 34.3 Å². The first-order valence-corrected chi connectivity index (χ1v) is 7.55. The molecule has 2 aromatic carbocycles. The maximum Gasteiger partial charge on any atom is 1.00 e. The zero-order chi connectivity index (χ0) is 13.9. The first-order valence-electron chi connectivity index (χ1n) is 6.14. The van der Waals surface area contributed by atoms with Gasteiger partial charge in [-0.05, 0) is 18.6 Å². The number of unbranched alkanes of at least 4 members (excludes halogenated alkanes) is 1. The van der Waals surface area contributed by atoms with E-state index < -0.39 is 10.1 Å². The van der Waals surface area contributed by atoms with Gasteiger partial charge < -0.3 is 9.29 Å².